The van der Waals surface area contributed by atoms with Crippen LogP contribution in [0.15, 0.2) is 0 Å². The quantitative estimate of drug-likeness (QED) is 0.578. The van der Waals surface area contributed by atoms with Gasteiger partial charge in [0.25, 0.3) is 0 Å². The summed E-state index contributed by atoms with van der Waals surface area (Å²) in [7, 11) is 0. The van der Waals surface area contributed by atoms with Crippen molar-refractivity contribution in [3.8, 4) is 0 Å². The van der Waals surface area contributed by atoms with Crippen LogP contribution >= 0.6 is 0 Å². The highest BCUT2D eigenvalue weighted by molar-refractivity contribution is 5.72. The first-order valence-corrected chi connectivity index (χ1v) is 3.91. The number of hydrogen-bond acceptors (Lipinski definition) is 3. The van der Waals surface area contributed by atoms with Crippen molar-refractivity contribution in [1.82, 2.24) is 4.90 Å². The van der Waals surface area contributed by atoms with Crippen LogP contribution in [0.3, 0.4) is 0 Å². The predicted octanol–water partition coefficient (Wildman–Crippen LogP) is -0.506. The summed E-state index contributed by atoms with van der Waals surface area (Å²) in [5.74, 6) is -0.898. The van der Waals surface area contributed by atoms with Gasteiger partial charge in [-0.05, 0) is 25.9 Å². The first-order chi connectivity index (χ1) is 5.20. The third-order valence-electron chi connectivity index (χ3n) is 2.02. The Balaban J connectivity index is 2.05. The summed E-state index contributed by atoms with van der Waals surface area (Å²) >= 11 is 0. The molecule has 0 aromatic rings. The fraction of sp³-hybridized carbons (Fsp3) is 0.857. The zero-order valence-corrected chi connectivity index (χ0v) is 6.49. The lowest BCUT2D eigenvalue weighted by Crippen LogP contribution is -2.41. The number of carboxylic acid groups (broad SMARTS) is 1. The zero-order valence-electron chi connectivity index (χ0n) is 6.49. The van der Waals surface area contributed by atoms with Crippen LogP contribution < -0.4 is 5.73 Å². The number of hydrogen-bond donors (Lipinski definition) is 2. The van der Waals surface area contributed by atoms with Gasteiger partial charge in [0.05, 0.1) is 0 Å². The van der Waals surface area contributed by atoms with Gasteiger partial charge in [0.1, 0.15) is 6.04 Å². The Morgan fingerprint density at radius 3 is 2.64 bits per heavy atom. The van der Waals surface area contributed by atoms with E-state index in [1.807, 2.05) is 0 Å². The summed E-state index contributed by atoms with van der Waals surface area (Å²) in [5.41, 5.74) is 5.32. The van der Waals surface area contributed by atoms with E-state index in [1.165, 1.54) is 6.42 Å². The van der Waals surface area contributed by atoms with Crippen LogP contribution in [0.5, 0.6) is 0 Å². The Hall–Kier alpha value is -0.610. The largest absolute Gasteiger partial charge is 0.480 e. The van der Waals surface area contributed by atoms with Crippen LogP contribution in [-0.2, 0) is 4.79 Å². The monoisotopic (exact) mass is 158 g/mol. The molecule has 64 valence electrons. The summed E-state index contributed by atoms with van der Waals surface area (Å²) in [4.78, 5) is 12.5. The number of aliphatic carboxylic acids is 1. The SMILES string of the molecule is NC(CCN1CCC1)C(=O)O. The summed E-state index contributed by atoms with van der Waals surface area (Å²) in [6.07, 6.45) is 1.80. The summed E-state index contributed by atoms with van der Waals surface area (Å²) in [5, 5.41) is 8.44. The van der Waals surface area contributed by atoms with Gasteiger partial charge in [-0.1, -0.05) is 0 Å². The van der Waals surface area contributed by atoms with Gasteiger partial charge in [-0.3, -0.25) is 4.79 Å². The van der Waals surface area contributed by atoms with E-state index in [0.717, 1.165) is 19.6 Å². The molecule has 4 nitrogen and oxygen atoms in total. The molecule has 1 aliphatic heterocycles. The summed E-state index contributed by atoms with van der Waals surface area (Å²) < 4.78 is 0. The molecule has 1 heterocycles. The standard InChI is InChI=1S/C7H14N2O2/c8-6(7(10)11)2-5-9-3-1-4-9/h6H,1-5,8H2,(H,10,11). The Morgan fingerprint density at radius 1 is 1.64 bits per heavy atom. The fourth-order valence-corrected chi connectivity index (χ4v) is 1.05. The maximum atomic E-state index is 10.3. The average molecular weight is 158 g/mol. The van der Waals surface area contributed by atoms with Crippen molar-refractivity contribution >= 4 is 5.97 Å². The Morgan fingerprint density at radius 2 is 2.27 bits per heavy atom. The van der Waals surface area contributed by atoms with Crippen molar-refractivity contribution in [2.24, 2.45) is 5.73 Å². The van der Waals surface area contributed by atoms with Crippen molar-refractivity contribution in [2.75, 3.05) is 19.6 Å². The highest BCUT2D eigenvalue weighted by atomic mass is 16.4. The van der Waals surface area contributed by atoms with Gasteiger partial charge in [0.15, 0.2) is 0 Å². The van der Waals surface area contributed by atoms with E-state index >= 15 is 0 Å². The molecule has 1 rings (SSSR count). The first-order valence-electron chi connectivity index (χ1n) is 3.91. The van der Waals surface area contributed by atoms with E-state index in [0.29, 0.717) is 6.42 Å². The number of carboxylic acids is 1. The number of rotatable bonds is 4. The third kappa shape index (κ3) is 2.48. The minimum absolute atomic E-state index is 0.565. The van der Waals surface area contributed by atoms with E-state index in [1.54, 1.807) is 0 Å². The predicted molar refractivity (Wildman–Crippen MR) is 41.3 cm³/mol. The molecule has 1 aliphatic rings. The van der Waals surface area contributed by atoms with Gasteiger partial charge in [0, 0.05) is 6.54 Å². The van der Waals surface area contributed by atoms with Gasteiger partial charge in [-0.15, -0.1) is 0 Å². The third-order valence-corrected chi connectivity index (χ3v) is 2.02. The molecular weight excluding hydrogens is 144 g/mol. The Labute approximate surface area is 66.0 Å². The lowest BCUT2D eigenvalue weighted by Gasteiger charge is -2.30. The molecule has 1 unspecified atom stereocenters. The van der Waals surface area contributed by atoms with Crippen LogP contribution in [-0.4, -0.2) is 41.7 Å². The van der Waals surface area contributed by atoms with Crippen LogP contribution in [0.4, 0.5) is 0 Å². The molecule has 0 aliphatic carbocycles. The Kier molecular flexibility index (Phi) is 2.84. The van der Waals surface area contributed by atoms with E-state index in [-0.39, 0.29) is 0 Å². The second-order valence-corrected chi connectivity index (χ2v) is 2.93. The number of carbonyl (C=O) groups is 1. The molecule has 11 heavy (non-hydrogen) atoms. The molecule has 0 amide bonds. The zero-order chi connectivity index (χ0) is 8.27. The van der Waals surface area contributed by atoms with E-state index in [2.05, 4.69) is 4.90 Å². The molecule has 4 heteroatoms. The lowest BCUT2D eigenvalue weighted by molar-refractivity contribution is -0.138. The van der Waals surface area contributed by atoms with Crippen molar-refractivity contribution in [1.29, 1.82) is 0 Å². The molecule has 0 radical (unpaired) electrons. The molecule has 0 spiro atoms. The first kappa shape index (κ1) is 8.49. The molecule has 1 fully saturated rings. The summed E-state index contributed by atoms with van der Waals surface area (Å²) in [6, 6.07) is -0.685. The maximum absolute atomic E-state index is 10.3. The number of likely N-dealkylation sites (tertiary alicyclic amines) is 1. The van der Waals surface area contributed by atoms with Gasteiger partial charge >= 0.3 is 5.97 Å². The van der Waals surface area contributed by atoms with Crippen LogP contribution in [0.2, 0.25) is 0 Å². The molecular formula is C7H14N2O2. The molecule has 0 bridgehead atoms. The molecule has 1 saturated heterocycles. The van der Waals surface area contributed by atoms with Gasteiger partial charge in [-0.25, -0.2) is 0 Å². The van der Waals surface area contributed by atoms with Gasteiger partial charge in [-0.2, -0.15) is 0 Å². The molecule has 0 saturated carbocycles. The summed E-state index contributed by atoms with van der Waals surface area (Å²) in [6.45, 7) is 3.03. The van der Waals surface area contributed by atoms with Crippen molar-refractivity contribution in [3.05, 3.63) is 0 Å². The van der Waals surface area contributed by atoms with Crippen molar-refractivity contribution < 1.29 is 9.90 Å². The normalized spacial score (nSPS) is 20.8. The minimum atomic E-state index is -0.898. The molecule has 3 N–H and O–H groups in total. The van der Waals surface area contributed by atoms with Crippen molar-refractivity contribution in [2.45, 2.75) is 18.9 Å². The van der Waals surface area contributed by atoms with Gasteiger partial charge < -0.3 is 15.7 Å². The second-order valence-electron chi connectivity index (χ2n) is 2.93. The molecule has 0 aromatic carbocycles. The van der Waals surface area contributed by atoms with E-state index in [4.69, 9.17) is 10.8 Å². The topological polar surface area (TPSA) is 66.6 Å². The Bertz CT molecular complexity index is 145. The van der Waals surface area contributed by atoms with Crippen LogP contribution in [0.25, 0.3) is 0 Å². The van der Waals surface area contributed by atoms with E-state index < -0.39 is 12.0 Å². The number of nitrogens with two attached hydrogens (primary N) is 1. The lowest BCUT2D eigenvalue weighted by atomic mass is 10.1. The molecule has 1 atom stereocenters. The smallest absolute Gasteiger partial charge is 0.320 e. The second kappa shape index (κ2) is 3.69. The number of nitrogens with zero attached hydrogens (tertiary/aromatic N) is 1. The van der Waals surface area contributed by atoms with Crippen LogP contribution in [0.1, 0.15) is 12.8 Å². The fourth-order valence-electron chi connectivity index (χ4n) is 1.05. The highest BCUT2D eigenvalue weighted by Crippen LogP contribution is 2.06. The van der Waals surface area contributed by atoms with Crippen LogP contribution in [0, 0.1) is 0 Å². The average Bonchev–Trinajstić information content (AvgIpc) is 1.83. The minimum Gasteiger partial charge on any atom is -0.480 e. The maximum Gasteiger partial charge on any atom is 0.320 e. The molecule has 0 aromatic heterocycles. The van der Waals surface area contributed by atoms with Gasteiger partial charge in [0.2, 0.25) is 0 Å². The van der Waals surface area contributed by atoms with E-state index in [9.17, 15) is 4.79 Å². The van der Waals surface area contributed by atoms with Crippen molar-refractivity contribution in [3.63, 3.8) is 0 Å². The highest BCUT2D eigenvalue weighted by Gasteiger charge is 2.17.